The largest absolute Gasteiger partial charge is 0.507 e. The molecule has 2 aliphatic heterocycles. The van der Waals surface area contributed by atoms with Gasteiger partial charge in [0.05, 0.1) is 32.3 Å². The highest BCUT2D eigenvalue weighted by Gasteiger charge is 2.50. The van der Waals surface area contributed by atoms with Crippen molar-refractivity contribution in [3.63, 3.8) is 0 Å². The van der Waals surface area contributed by atoms with Gasteiger partial charge in [-0.25, -0.2) is 9.59 Å². The van der Waals surface area contributed by atoms with Crippen LogP contribution in [-0.2, 0) is 28.5 Å². The van der Waals surface area contributed by atoms with Crippen molar-refractivity contribution in [3.8, 4) is 5.75 Å². The predicted octanol–water partition coefficient (Wildman–Crippen LogP) is -4.23. The minimum atomic E-state index is -1.91. The lowest BCUT2D eigenvalue weighted by molar-refractivity contribution is -0.685. The molecule has 0 aromatic heterocycles. The van der Waals surface area contributed by atoms with E-state index in [0.717, 1.165) is 6.07 Å². The van der Waals surface area contributed by atoms with E-state index in [9.17, 15) is 40.2 Å². The highest BCUT2D eigenvalue weighted by atomic mass is 16.7. The molecule has 0 spiro atoms. The van der Waals surface area contributed by atoms with E-state index in [0.29, 0.717) is 0 Å². The van der Waals surface area contributed by atoms with E-state index in [4.69, 9.17) is 29.4 Å². The predicted molar refractivity (Wildman–Crippen MR) is 124 cm³/mol. The average molecular weight is 548 g/mol. The Balaban J connectivity index is 1.60. The summed E-state index contributed by atoms with van der Waals surface area (Å²) in [6.45, 7) is 0.201. The number of quaternary nitrogens is 1. The molecule has 2 aliphatic rings. The first-order valence-electron chi connectivity index (χ1n) is 12.0. The standard InChI is InChI=1S/C23H34N2O13/c1-9-15(25-2)12(16(28)14(6-26)37-9)7-34-23-19(31)17(29)18(30)20(38-23)22(33)36-8-35-21(32)11-5-10(24)3-4-13(11)27/h3-5,9,12,14-20,23,25-31H,6-8,24H2,1-2H3/p+1/t9-,12+,14?,15?,16+,17-,18+,19?,20?,23+/m0/s1. The van der Waals surface area contributed by atoms with Gasteiger partial charge >= 0.3 is 11.9 Å². The maximum atomic E-state index is 12.5. The zero-order valence-corrected chi connectivity index (χ0v) is 20.8. The topological polar surface area (TPSA) is 244 Å². The van der Waals surface area contributed by atoms with Crippen LogP contribution in [0.1, 0.15) is 17.3 Å². The number of benzene rings is 1. The molecule has 38 heavy (non-hydrogen) atoms. The summed E-state index contributed by atoms with van der Waals surface area (Å²) in [7, 11) is 1.77. The van der Waals surface area contributed by atoms with Crippen molar-refractivity contribution in [2.75, 3.05) is 32.8 Å². The van der Waals surface area contributed by atoms with Crippen LogP contribution in [0.5, 0.6) is 5.75 Å². The van der Waals surface area contributed by atoms with E-state index >= 15 is 0 Å². The van der Waals surface area contributed by atoms with E-state index in [-0.39, 0.29) is 30.0 Å². The second kappa shape index (κ2) is 13.0. The first kappa shape index (κ1) is 29.9. The highest BCUT2D eigenvalue weighted by Crippen LogP contribution is 2.28. The third kappa shape index (κ3) is 6.51. The second-order valence-electron chi connectivity index (χ2n) is 9.15. The van der Waals surface area contributed by atoms with E-state index in [2.05, 4.69) is 0 Å². The Morgan fingerprint density at radius 3 is 2.42 bits per heavy atom. The van der Waals surface area contributed by atoms with Gasteiger partial charge in [-0.3, -0.25) is 0 Å². The molecule has 10 N–H and O–H groups in total. The van der Waals surface area contributed by atoms with Gasteiger partial charge in [0.2, 0.25) is 6.79 Å². The van der Waals surface area contributed by atoms with Gasteiger partial charge in [-0.2, -0.15) is 0 Å². The van der Waals surface area contributed by atoms with Crippen LogP contribution in [0.25, 0.3) is 0 Å². The molecule has 0 aliphatic carbocycles. The number of rotatable bonds is 9. The number of ether oxygens (including phenoxy) is 5. The highest BCUT2D eigenvalue weighted by molar-refractivity contribution is 5.93. The molecule has 0 radical (unpaired) electrons. The molecule has 2 heterocycles. The molecule has 15 nitrogen and oxygen atoms in total. The Morgan fingerprint density at radius 1 is 1.05 bits per heavy atom. The molecule has 0 saturated carbocycles. The van der Waals surface area contributed by atoms with Crippen molar-refractivity contribution in [2.24, 2.45) is 5.92 Å². The van der Waals surface area contributed by atoms with E-state index in [1.807, 2.05) is 0 Å². The number of aliphatic hydroxyl groups excluding tert-OH is 5. The second-order valence-corrected chi connectivity index (χ2v) is 9.15. The number of hydrogen-bond donors (Lipinski definition) is 8. The van der Waals surface area contributed by atoms with Gasteiger partial charge in [0.15, 0.2) is 12.4 Å². The van der Waals surface area contributed by atoms with Gasteiger partial charge in [0.1, 0.15) is 47.9 Å². The molecule has 3 rings (SSSR count). The lowest BCUT2D eigenvalue weighted by Gasteiger charge is -2.43. The quantitative estimate of drug-likeness (QED) is 0.0632. The van der Waals surface area contributed by atoms with Crippen LogP contribution in [0.2, 0.25) is 0 Å². The Labute approximate surface area is 217 Å². The van der Waals surface area contributed by atoms with Crippen molar-refractivity contribution in [1.82, 2.24) is 0 Å². The first-order valence-corrected chi connectivity index (χ1v) is 12.0. The van der Waals surface area contributed by atoms with Crippen LogP contribution < -0.4 is 11.1 Å². The smallest absolute Gasteiger partial charge is 0.344 e. The zero-order valence-electron chi connectivity index (χ0n) is 20.8. The maximum absolute atomic E-state index is 12.5. The number of phenols is 1. The van der Waals surface area contributed by atoms with Crippen molar-refractivity contribution < 1.29 is 69.2 Å². The van der Waals surface area contributed by atoms with Crippen molar-refractivity contribution in [1.29, 1.82) is 0 Å². The van der Waals surface area contributed by atoms with Crippen LogP contribution in [0.15, 0.2) is 18.2 Å². The Kier molecular flexibility index (Phi) is 10.2. The first-order chi connectivity index (χ1) is 18.0. The van der Waals surface area contributed by atoms with E-state index < -0.39 is 79.9 Å². The molecule has 214 valence electrons. The molecule has 0 amide bonds. The van der Waals surface area contributed by atoms with Gasteiger partial charge in [-0.15, -0.1) is 0 Å². The Bertz CT molecular complexity index is 965. The van der Waals surface area contributed by atoms with E-state index in [1.165, 1.54) is 12.1 Å². The third-order valence-electron chi connectivity index (χ3n) is 6.70. The minimum absolute atomic E-state index is 0.182. The van der Waals surface area contributed by atoms with Gasteiger partial charge in [-0.1, -0.05) is 0 Å². The van der Waals surface area contributed by atoms with E-state index in [1.54, 1.807) is 19.3 Å². The van der Waals surface area contributed by atoms with Crippen LogP contribution in [0.3, 0.4) is 0 Å². The average Bonchev–Trinajstić information content (AvgIpc) is 2.89. The molecular weight excluding hydrogens is 512 g/mol. The fourth-order valence-corrected chi connectivity index (χ4v) is 4.58. The number of hydrogen-bond acceptors (Lipinski definition) is 14. The number of nitrogen functional groups attached to an aromatic ring is 1. The number of aliphatic hydroxyl groups is 5. The number of nitrogens with two attached hydrogens (primary N) is 2. The molecule has 2 saturated heterocycles. The molecule has 1 aromatic rings. The lowest BCUT2D eigenvalue weighted by atomic mass is 9.85. The normalized spacial score (nSPS) is 35.4. The molecule has 15 heteroatoms. The van der Waals surface area contributed by atoms with Crippen molar-refractivity contribution >= 4 is 17.6 Å². The summed E-state index contributed by atoms with van der Waals surface area (Å²) >= 11 is 0. The molecule has 4 unspecified atom stereocenters. The lowest BCUT2D eigenvalue weighted by Crippen LogP contribution is -2.93. The molecule has 2 fully saturated rings. The summed E-state index contributed by atoms with van der Waals surface area (Å²) in [5.74, 6) is -3.27. The number of anilines is 1. The van der Waals surface area contributed by atoms with Crippen molar-refractivity contribution in [2.45, 2.75) is 62.0 Å². The Morgan fingerprint density at radius 2 is 1.76 bits per heavy atom. The van der Waals surface area contributed by atoms with Crippen LogP contribution >= 0.6 is 0 Å². The minimum Gasteiger partial charge on any atom is -0.507 e. The monoisotopic (exact) mass is 547 g/mol. The number of carbonyl (C=O) groups is 2. The Hall–Kier alpha value is -2.60. The third-order valence-corrected chi connectivity index (χ3v) is 6.70. The fraction of sp³-hybridized carbons (Fsp3) is 0.652. The number of carbonyl (C=O) groups excluding carboxylic acids is 2. The zero-order chi connectivity index (χ0) is 28.1. The van der Waals surface area contributed by atoms with Crippen LogP contribution in [0.4, 0.5) is 5.69 Å². The number of esters is 2. The maximum Gasteiger partial charge on any atom is 0.344 e. The van der Waals surface area contributed by atoms with Gasteiger partial charge in [-0.05, 0) is 25.1 Å². The summed E-state index contributed by atoms with van der Waals surface area (Å²) in [4.78, 5) is 24.6. The summed E-state index contributed by atoms with van der Waals surface area (Å²) in [5, 5.41) is 62.5. The van der Waals surface area contributed by atoms with Crippen LogP contribution in [-0.4, -0.2) is 125 Å². The molecule has 0 bridgehead atoms. The summed E-state index contributed by atoms with van der Waals surface area (Å²) in [6, 6.07) is 3.41. The SMILES string of the molecule is C[NH2+]C1[C@H](C)OC(CO)[C@H](O)[C@@H]1CO[C@@H]1OC(C(=O)OCOC(=O)c2cc(N)ccc2O)[C@H](O)[C@H](O)C1O. The summed E-state index contributed by atoms with van der Waals surface area (Å²) in [5.41, 5.74) is 5.49. The fourth-order valence-electron chi connectivity index (χ4n) is 4.58. The number of phenolic OH excluding ortho intramolecular Hbond substituents is 1. The number of aromatic hydroxyl groups is 1. The summed E-state index contributed by atoms with van der Waals surface area (Å²) in [6.07, 6.45) is -11.3. The van der Waals surface area contributed by atoms with Crippen LogP contribution in [0, 0.1) is 5.92 Å². The van der Waals surface area contributed by atoms with Gasteiger partial charge in [0.25, 0.3) is 0 Å². The molecule has 10 atom stereocenters. The van der Waals surface area contributed by atoms with Gasteiger partial charge in [0, 0.05) is 5.69 Å². The molecule has 1 aromatic carbocycles. The van der Waals surface area contributed by atoms with Crippen molar-refractivity contribution in [3.05, 3.63) is 23.8 Å². The molecular formula is C23H35N2O13+. The summed E-state index contributed by atoms with van der Waals surface area (Å²) < 4.78 is 26.2. The number of likely N-dealkylation sites (N-methyl/N-ethyl adjacent to an activating group) is 1. The van der Waals surface area contributed by atoms with Gasteiger partial charge < -0.3 is 65.4 Å².